The Labute approximate surface area is 137 Å². The van der Waals surface area contributed by atoms with E-state index in [-0.39, 0.29) is 0 Å². The van der Waals surface area contributed by atoms with E-state index in [0.717, 1.165) is 30.5 Å². The molecule has 0 bridgehead atoms. The van der Waals surface area contributed by atoms with E-state index in [1.165, 1.54) is 9.87 Å². The van der Waals surface area contributed by atoms with Crippen molar-refractivity contribution >= 4 is 21.1 Å². The van der Waals surface area contributed by atoms with Gasteiger partial charge in [0.2, 0.25) is 0 Å². The van der Waals surface area contributed by atoms with Crippen molar-refractivity contribution in [1.29, 1.82) is 0 Å². The van der Waals surface area contributed by atoms with Gasteiger partial charge in [-0.25, -0.2) is 0 Å². The lowest BCUT2D eigenvalue weighted by Gasteiger charge is -2.35. The predicted octanol–water partition coefficient (Wildman–Crippen LogP) is 1.16. The first-order valence-electron chi connectivity index (χ1n) is 7.71. The summed E-state index contributed by atoms with van der Waals surface area (Å²) in [6.07, 6.45) is 1.81. The van der Waals surface area contributed by atoms with Gasteiger partial charge in [0.15, 0.2) is 0 Å². The van der Waals surface area contributed by atoms with Crippen LogP contribution in [0, 0.1) is 0 Å². The summed E-state index contributed by atoms with van der Waals surface area (Å²) in [7, 11) is -0.157. The summed E-state index contributed by atoms with van der Waals surface area (Å²) >= 11 is 0. The molecule has 0 N–H and O–H groups in total. The van der Waals surface area contributed by atoms with Crippen LogP contribution in [0.5, 0.6) is 0 Å². The average molecular weight is 334 g/mol. The summed E-state index contributed by atoms with van der Waals surface area (Å²) in [5.41, 5.74) is 2.21. The molecule has 6 nitrogen and oxygen atoms in total. The largest absolute Gasteiger partial charge is 0.296 e. The van der Waals surface area contributed by atoms with Crippen LogP contribution >= 0.6 is 0 Å². The first-order valence-corrected chi connectivity index (χ1v) is 9.11. The highest BCUT2D eigenvalue weighted by Gasteiger charge is 2.28. The van der Waals surface area contributed by atoms with E-state index in [1.54, 1.807) is 18.4 Å². The summed E-state index contributed by atoms with van der Waals surface area (Å²) in [5, 5.41) is 1.14. The van der Waals surface area contributed by atoms with E-state index >= 15 is 0 Å². The molecule has 2 heterocycles. The molecule has 7 heteroatoms. The van der Waals surface area contributed by atoms with Crippen molar-refractivity contribution in [2.45, 2.75) is 6.54 Å². The lowest BCUT2D eigenvalue weighted by Crippen LogP contribution is -2.51. The third kappa shape index (κ3) is 3.37. The summed E-state index contributed by atoms with van der Waals surface area (Å²) in [6.45, 7) is 3.31. The summed E-state index contributed by atoms with van der Waals surface area (Å²) in [6, 6.07) is 10.2. The van der Waals surface area contributed by atoms with E-state index in [4.69, 9.17) is 0 Å². The highest BCUT2D eigenvalue weighted by molar-refractivity contribution is 7.86. The van der Waals surface area contributed by atoms with Crippen molar-refractivity contribution in [2.24, 2.45) is 0 Å². The minimum absolute atomic E-state index is 0.526. The standard InChI is InChI=1S/C16H22N4O2S/c1-18(2)23(21,22)20-11-9-19(10-12-20)13-15-6-3-5-14-7-4-8-17-16(14)15/h3-8H,9-13H2,1-2H3. The van der Waals surface area contributed by atoms with Crippen molar-refractivity contribution in [3.05, 3.63) is 42.1 Å². The van der Waals surface area contributed by atoms with Gasteiger partial charge < -0.3 is 0 Å². The molecule has 1 aliphatic rings. The van der Waals surface area contributed by atoms with E-state index in [9.17, 15) is 8.42 Å². The number of para-hydroxylation sites is 1. The number of rotatable bonds is 4. The second kappa shape index (κ2) is 6.52. The molecule has 1 aliphatic heterocycles. The zero-order valence-electron chi connectivity index (χ0n) is 13.5. The zero-order valence-corrected chi connectivity index (χ0v) is 14.3. The van der Waals surface area contributed by atoms with Gasteiger partial charge in [-0.3, -0.25) is 9.88 Å². The van der Waals surface area contributed by atoms with Crippen molar-refractivity contribution in [2.75, 3.05) is 40.3 Å². The predicted molar refractivity (Wildman–Crippen MR) is 91.2 cm³/mol. The van der Waals surface area contributed by atoms with Crippen molar-refractivity contribution in [3.8, 4) is 0 Å². The Hall–Kier alpha value is -1.54. The minimum atomic E-state index is -3.30. The van der Waals surface area contributed by atoms with Crippen molar-refractivity contribution in [1.82, 2.24) is 18.5 Å². The van der Waals surface area contributed by atoms with Gasteiger partial charge in [0, 0.05) is 58.4 Å². The molecule has 0 unspecified atom stereocenters. The van der Waals surface area contributed by atoms with Gasteiger partial charge in [-0.15, -0.1) is 0 Å². The molecule has 0 spiro atoms. The Bertz CT molecular complexity index is 778. The molecule has 0 saturated carbocycles. The van der Waals surface area contributed by atoms with Crippen molar-refractivity contribution < 1.29 is 8.42 Å². The van der Waals surface area contributed by atoms with Crippen LogP contribution in [0.15, 0.2) is 36.5 Å². The molecule has 0 radical (unpaired) electrons. The summed E-state index contributed by atoms with van der Waals surface area (Å²) in [4.78, 5) is 6.77. The average Bonchev–Trinajstić information content (AvgIpc) is 2.55. The molecule has 0 amide bonds. The molecule has 1 fully saturated rings. The van der Waals surface area contributed by atoms with Crippen LogP contribution in [0.4, 0.5) is 0 Å². The first-order chi connectivity index (χ1) is 11.0. The molecule has 1 saturated heterocycles. The molecule has 1 aromatic carbocycles. The van der Waals surface area contributed by atoms with Crippen LogP contribution in [0.2, 0.25) is 0 Å². The van der Waals surface area contributed by atoms with Gasteiger partial charge in [-0.1, -0.05) is 24.3 Å². The Morgan fingerprint density at radius 2 is 1.78 bits per heavy atom. The molecule has 3 rings (SSSR count). The van der Waals surface area contributed by atoms with Gasteiger partial charge in [0.25, 0.3) is 10.2 Å². The maximum atomic E-state index is 12.1. The monoisotopic (exact) mass is 334 g/mol. The molecule has 0 aliphatic carbocycles. The van der Waals surface area contributed by atoms with E-state index in [2.05, 4.69) is 28.1 Å². The maximum Gasteiger partial charge on any atom is 0.281 e. The van der Waals surface area contributed by atoms with Gasteiger partial charge >= 0.3 is 0 Å². The fraction of sp³-hybridized carbons (Fsp3) is 0.438. The quantitative estimate of drug-likeness (QED) is 0.842. The topological polar surface area (TPSA) is 56.8 Å². The molecule has 124 valence electrons. The normalized spacial score (nSPS) is 17.9. The van der Waals surface area contributed by atoms with Crippen LogP contribution in [0.1, 0.15) is 5.56 Å². The molecule has 23 heavy (non-hydrogen) atoms. The SMILES string of the molecule is CN(C)S(=O)(=O)N1CCN(Cc2cccc3cccnc23)CC1. The zero-order chi connectivity index (χ0) is 16.4. The fourth-order valence-corrected chi connectivity index (χ4v) is 3.97. The Morgan fingerprint density at radius 1 is 1.09 bits per heavy atom. The minimum Gasteiger partial charge on any atom is -0.296 e. The molecule has 1 aromatic heterocycles. The third-order valence-corrected chi connectivity index (χ3v) is 6.17. The van der Waals surface area contributed by atoms with Gasteiger partial charge in [0.05, 0.1) is 5.52 Å². The van der Waals surface area contributed by atoms with E-state index in [0.29, 0.717) is 13.1 Å². The van der Waals surface area contributed by atoms with Crippen LogP contribution in [0.25, 0.3) is 10.9 Å². The Kier molecular flexibility index (Phi) is 4.63. The number of piperazine rings is 1. The molecule has 0 atom stereocenters. The highest BCUT2D eigenvalue weighted by atomic mass is 32.2. The number of hydrogen-bond acceptors (Lipinski definition) is 4. The fourth-order valence-electron chi connectivity index (χ4n) is 2.89. The molecule has 2 aromatic rings. The van der Waals surface area contributed by atoms with Crippen LogP contribution in [-0.4, -0.2) is 67.2 Å². The Balaban J connectivity index is 1.69. The number of benzene rings is 1. The number of pyridine rings is 1. The smallest absolute Gasteiger partial charge is 0.281 e. The van der Waals surface area contributed by atoms with Crippen molar-refractivity contribution in [3.63, 3.8) is 0 Å². The van der Waals surface area contributed by atoms with Crippen LogP contribution < -0.4 is 0 Å². The Morgan fingerprint density at radius 3 is 2.48 bits per heavy atom. The third-order valence-electron chi connectivity index (χ3n) is 4.23. The number of fused-ring (bicyclic) bond motifs is 1. The van der Waals surface area contributed by atoms with Gasteiger partial charge in [-0.2, -0.15) is 17.0 Å². The number of aromatic nitrogens is 1. The van der Waals surface area contributed by atoms with Gasteiger partial charge in [-0.05, 0) is 11.6 Å². The first kappa shape index (κ1) is 16.3. The lowest BCUT2D eigenvalue weighted by atomic mass is 10.1. The summed E-state index contributed by atoms with van der Waals surface area (Å²) in [5.74, 6) is 0. The van der Waals surface area contributed by atoms with E-state index < -0.39 is 10.2 Å². The second-order valence-electron chi connectivity index (χ2n) is 5.96. The number of nitrogens with zero attached hydrogens (tertiary/aromatic N) is 4. The summed E-state index contributed by atoms with van der Waals surface area (Å²) < 4.78 is 27.1. The van der Waals surface area contributed by atoms with E-state index in [1.807, 2.05) is 18.3 Å². The number of hydrogen-bond donors (Lipinski definition) is 0. The highest BCUT2D eigenvalue weighted by Crippen LogP contribution is 2.19. The lowest BCUT2D eigenvalue weighted by molar-refractivity contribution is 0.177. The van der Waals surface area contributed by atoms with Gasteiger partial charge in [0.1, 0.15) is 0 Å². The van der Waals surface area contributed by atoms with Crippen LogP contribution in [0.3, 0.4) is 0 Å². The maximum absolute atomic E-state index is 12.1. The molecular formula is C16H22N4O2S. The van der Waals surface area contributed by atoms with Crippen LogP contribution in [-0.2, 0) is 16.8 Å². The molecular weight excluding hydrogens is 312 g/mol. The second-order valence-corrected chi connectivity index (χ2v) is 8.10.